The summed E-state index contributed by atoms with van der Waals surface area (Å²) in [5, 5.41) is 0.322. The molecule has 1 unspecified atom stereocenters. The van der Waals surface area contributed by atoms with Crippen LogP contribution in [0.5, 0.6) is 0 Å². The first-order chi connectivity index (χ1) is 5.20. The molecule has 62 valence electrons. The number of likely N-dealkylation sites (tertiary alicyclic amines) is 1. The predicted octanol–water partition coefficient (Wildman–Crippen LogP) is 1.48. The molecule has 0 aliphatic carbocycles. The van der Waals surface area contributed by atoms with Crippen LogP contribution in [0.2, 0.25) is 0 Å². The summed E-state index contributed by atoms with van der Waals surface area (Å²) in [4.78, 5) is 13.0. The zero-order valence-electron chi connectivity index (χ0n) is 6.96. The molecule has 11 heavy (non-hydrogen) atoms. The number of nitrogens with zero attached hydrogens (tertiary/aromatic N) is 1. The molecule has 1 heterocycles. The Balaban J connectivity index is 2.71. The van der Waals surface area contributed by atoms with Crippen molar-refractivity contribution >= 4 is 17.7 Å². The number of amides is 1. The van der Waals surface area contributed by atoms with Crippen LogP contribution in [0, 0.1) is 0 Å². The highest BCUT2D eigenvalue weighted by Crippen LogP contribution is 2.29. The lowest BCUT2D eigenvalue weighted by Crippen LogP contribution is -2.22. The van der Waals surface area contributed by atoms with Gasteiger partial charge >= 0.3 is 0 Å². The molecule has 0 aromatic carbocycles. The molecule has 0 bridgehead atoms. The van der Waals surface area contributed by atoms with Gasteiger partial charge in [-0.1, -0.05) is 6.58 Å². The minimum absolute atomic E-state index is 0.219. The van der Waals surface area contributed by atoms with E-state index in [9.17, 15) is 4.79 Å². The molecule has 0 aromatic rings. The summed E-state index contributed by atoms with van der Waals surface area (Å²) in [5.74, 6) is 0.219. The molecule has 0 radical (unpaired) electrons. The zero-order valence-corrected chi connectivity index (χ0v) is 7.78. The Morgan fingerprint density at radius 2 is 2.45 bits per heavy atom. The fraction of sp³-hybridized carbons (Fsp3) is 0.625. The summed E-state index contributed by atoms with van der Waals surface area (Å²) >= 11 is 1.70. The molecule has 1 fully saturated rings. The van der Waals surface area contributed by atoms with Gasteiger partial charge in [0.1, 0.15) is 0 Å². The normalized spacial score (nSPS) is 24.9. The van der Waals surface area contributed by atoms with E-state index in [-0.39, 0.29) is 5.91 Å². The monoisotopic (exact) mass is 171 g/mol. The number of rotatable bonds is 2. The smallest absolute Gasteiger partial charge is 0.228 e. The van der Waals surface area contributed by atoms with Gasteiger partial charge in [0.25, 0.3) is 0 Å². The van der Waals surface area contributed by atoms with Gasteiger partial charge in [-0.05, 0) is 13.2 Å². The Bertz CT molecular complexity index is 191. The Kier molecular flexibility index (Phi) is 2.60. The largest absolute Gasteiger partial charge is 0.316 e. The average Bonchev–Trinajstić information content (AvgIpc) is 2.26. The first-order valence-electron chi connectivity index (χ1n) is 3.72. The lowest BCUT2D eigenvalue weighted by molar-refractivity contribution is -0.126. The number of carbonyl (C=O) groups excluding carboxylic acids is 1. The molecule has 0 spiro atoms. The van der Waals surface area contributed by atoms with Crippen LogP contribution in [0.15, 0.2) is 12.3 Å². The molecule has 1 aliphatic rings. The van der Waals surface area contributed by atoms with Gasteiger partial charge in [-0.2, -0.15) is 11.8 Å². The van der Waals surface area contributed by atoms with Crippen LogP contribution in [0.3, 0.4) is 0 Å². The van der Waals surface area contributed by atoms with E-state index in [1.165, 1.54) is 0 Å². The standard InChI is InChI=1S/C8H13NOS/c1-4-9-6(2)7(11-3)5-8(9)10/h7H,2,4-5H2,1,3H3. The van der Waals surface area contributed by atoms with Crippen LogP contribution in [0.1, 0.15) is 13.3 Å². The number of hydrogen-bond donors (Lipinski definition) is 0. The van der Waals surface area contributed by atoms with Gasteiger partial charge in [0.2, 0.25) is 5.91 Å². The van der Waals surface area contributed by atoms with Crippen LogP contribution in [-0.2, 0) is 4.79 Å². The SMILES string of the molecule is C=C1C(SC)CC(=O)N1CC. The maximum absolute atomic E-state index is 11.2. The van der Waals surface area contributed by atoms with Crippen LogP contribution in [-0.4, -0.2) is 28.9 Å². The van der Waals surface area contributed by atoms with Crippen LogP contribution < -0.4 is 0 Å². The van der Waals surface area contributed by atoms with Gasteiger partial charge in [-0.3, -0.25) is 4.79 Å². The second-order valence-electron chi connectivity index (χ2n) is 2.56. The second kappa shape index (κ2) is 3.30. The highest BCUT2D eigenvalue weighted by molar-refractivity contribution is 7.99. The van der Waals surface area contributed by atoms with E-state index in [4.69, 9.17) is 0 Å². The summed E-state index contributed by atoms with van der Waals surface area (Å²) in [6.07, 6.45) is 2.65. The average molecular weight is 171 g/mol. The van der Waals surface area contributed by atoms with Crippen LogP contribution in [0.4, 0.5) is 0 Å². The van der Waals surface area contributed by atoms with Crippen molar-refractivity contribution in [3.05, 3.63) is 12.3 Å². The first-order valence-corrected chi connectivity index (χ1v) is 5.01. The van der Waals surface area contributed by atoms with Crippen molar-refractivity contribution in [2.24, 2.45) is 0 Å². The lowest BCUT2D eigenvalue weighted by Gasteiger charge is -2.15. The molecule has 0 aromatic heterocycles. The third kappa shape index (κ3) is 1.43. The van der Waals surface area contributed by atoms with E-state index in [1.807, 2.05) is 13.2 Å². The molecule has 1 rings (SSSR count). The molecule has 0 saturated carbocycles. The van der Waals surface area contributed by atoms with Crippen molar-refractivity contribution in [1.82, 2.24) is 4.90 Å². The predicted molar refractivity (Wildman–Crippen MR) is 48.4 cm³/mol. The molecule has 0 N–H and O–H groups in total. The molecule has 1 aliphatic heterocycles. The summed E-state index contributed by atoms with van der Waals surface area (Å²) in [7, 11) is 0. The Morgan fingerprint density at radius 3 is 2.73 bits per heavy atom. The summed E-state index contributed by atoms with van der Waals surface area (Å²) in [6.45, 7) is 6.63. The van der Waals surface area contributed by atoms with Gasteiger partial charge < -0.3 is 4.90 Å². The minimum Gasteiger partial charge on any atom is -0.316 e. The molecular weight excluding hydrogens is 158 g/mol. The van der Waals surface area contributed by atoms with Crippen molar-refractivity contribution in [3.8, 4) is 0 Å². The van der Waals surface area contributed by atoms with Gasteiger partial charge in [-0.15, -0.1) is 0 Å². The molecular formula is C8H13NOS. The third-order valence-electron chi connectivity index (χ3n) is 1.98. The van der Waals surface area contributed by atoms with E-state index in [0.29, 0.717) is 11.7 Å². The van der Waals surface area contributed by atoms with Crippen molar-refractivity contribution in [2.45, 2.75) is 18.6 Å². The van der Waals surface area contributed by atoms with Gasteiger partial charge in [0.15, 0.2) is 0 Å². The highest BCUT2D eigenvalue weighted by atomic mass is 32.2. The maximum Gasteiger partial charge on any atom is 0.228 e. The van der Waals surface area contributed by atoms with E-state index in [1.54, 1.807) is 16.7 Å². The Labute approximate surface area is 71.6 Å². The second-order valence-corrected chi connectivity index (χ2v) is 3.60. The van der Waals surface area contributed by atoms with Crippen LogP contribution in [0.25, 0.3) is 0 Å². The quantitative estimate of drug-likeness (QED) is 0.627. The molecule has 2 nitrogen and oxygen atoms in total. The molecule has 1 saturated heterocycles. The Hall–Kier alpha value is -0.440. The van der Waals surface area contributed by atoms with E-state index in [2.05, 4.69) is 6.58 Å². The number of thioether (sulfide) groups is 1. The summed E-state index contributed by atoms with van der Waals surface area (Å²) in [6, 6.07) is 0. The first kappa shape index (κ1) is 8.65. The topological polar surface area (TPSA) is 20.3 Å². The summed E-state index contributed by atoms with van der Waals surface area (Å²) in [5.41, 5.74) is 0.977. The van der Waals surface area contributed by atoms with Gasteiger partial charge in [0.05, 0.1) is 5.25 Å². The van der Waals surface area contributed by atoms with Crippen molar-refractivity contribution in [1.29, 1.82) is 0 Å². The molecule has 1 amide bonds. The summed E-state index contributed by atoms with van der Waals surface area (Å²) < 4.78 is 0. The van der Waals surface area contributed by atoms with E-state index >= 15 is 0 Å². The minimum atomic E-state index is 0.219. The van der Waals surface area contributed by atoms with Crippen LogP contribution >= 0.6 is 11.8 Å². The molecule has 3 heteroatoms. The van der Waals surface area contributed by atoms with Crippen molar-refractivity contribution in [2.75, 3.05) is 12.8 Å². The maximum atomic E-state index is 11.2. The van der Waals surface area contributed by atoms with E-state index in [0.717, 1.165) is 12.2 Å². The fourth-order valence-corrected chi connectivity index (χ4v) is 2.03. The van der Waals surface area contributed by atoms with Gasteiger partial charge in [-0.25, -0.2) is 0 Å². The third-order valence-corrected chi connectivity index (χ3v) is 2.99. The van der Waals surface area contributed by atoms with Gasteiger partial charge in [0, 0.05) is 18.7 Å². The van der Waals surface area contributed by atoms with Crippen molar-refractivity contribution < 1.29 is 4.79 Å². The molecule has 1 atom stereocenters. The van der Waals surface area contributed by atoms with E-state index < -0.39 is 0 Å². The van der Waals surface area contributed by atoms with Crippen molar-refractivity contribution in [3.63, 3.8) is 0 Å². The zero-order chi connectivity index (χ0) is 8.43. The Morgan fingerprint density at radius 1 is 1.82 bits per heavy atom. The lowest BCUT2D eigenvalue weighted by atomic mass is 10.3. The highest BCUT2D eigenvalue weighted by Gasteiger charge is 2.31. The number of hydrogen-bond acceptors (Lipinski definition) is 2. The number of carbonyl (C=O) groups is 1. The fourth-order valence-electron chi connectivity index (χ4n) is 1.32.